The molecule has 0 aliphatic heterocycles. The van der Waals surface area contributed by atoms with Gasteiger partial charge >= 0.3 is 6.09 Å². The van der Waals surface area contributed by atoms with Crippen LogP contribution >= 0.6 is 15.9 Å². The van der Waals surface area contributed by atoms with Gasteiger partial charge in [-0.2, -0.15) is 5.10 Å². The third-order valence-electron chi connectivity index (χ3n) is 1.18. The highest BCUT2D eigenvalue weighted by molar-refractivity contribution is 9.10. The van der Waals surface area contributed by atoms with Crippen LogP contribution in [0.15, 0.2) is 10.7 Å². The lowest BCUT2D eigenvalue weighted by atomic mass is 10.2. The SMILES string of the molecule is CC(C)(C)OC(=O)Nc1cc(Br)[nH]n1. The largest absolute Gasteiger partial charge is 0.444 e. The number of nitrogens with zero attached hydrogens (tertiary/aromatic N) is 1. The van der Waals surface area contributed by atoms with Gasteiger partial charge in [-0.25, -0.2) is 4.79 Å². The van der Waals surface area contributed by atoms with Gasteiger partial charge in [0.2, 0.25) is 0 Å². The van der Waals surface area contributed by atoms with Crippen molar-refractivity contribution >= 4 is 27.8 Å². The summed E-state index contributed by atoms with van der Waals surface area (Å²) >= 11 is 3.17. The van der Waals surface area contributed by atoms with Crippen molar-refractivity contribution < 1.29 is 9.53 Å². The van der Waals surface area contributed by atoms with Crippen LogP contribution < -0.4 is 5.32 Å². The molecule has 78 valence electrons. The van der Waals surface area contributed by atoms with E-state index in [0.29, 0.717) is 10.4 Å². The van der Waals surface area contributed by atoms with Gasteiger partial charge in [0, 0.05) is 6.07 Å². The van der Waals surface area contributed by atoms with Crippen molar-refractivity contribution in [3.05, 3.63) is 10.7 Å². The van der Waals surface area contributed by atoms with Crippen LogP contribution in [0.3, 0.4) is 0 Å². The lowest BCUT2D eigenvalue weighted by Gasteiger charge is -2.18. The van der Waals surface area contributed by atoms with E-state index in [0.717, 1.165) is 0 Å². The number of hydrogen-bond acceptors (Lipinski definition) is 3. The highest BCUT2D eigenvalue weighted by atomic mass is 79.9. The highest BCUT2D eigenvalue weighted by Gasteiger charge is 2.16. The average Bonchev–Trinajstić information content (AvgIpc) is 2.30. The fourth-order valence-corrected chi connectivity index (χ4v) is 1.08. The van der Waals surface area contributed by atoms with E-state index in [1.54, 1.807) is 26.8 Å². The second kappa shape index (κ2) is 4.00. The first-order valence-electron chi connectivity index (χ1n) is 4.08. The summed E-state index contributed by atoms with van der Waals surface area (Å²) in [5.41, 5.74) is -0.502. The second-order valence-electron chi connectivity index (χ2n) is 3.73. The molecule has 1 rings (SSSR count). The van der Waals surface area contributed by atoms with Gasteiger partial charge in [0.15, 0.2) is 5.82 Å². The number of H-pyrrole nitrogens is 1. The molecule has 0 unspecified atom stereocenters. The summed E-state index contributed by atoms with van der Waals surface area (Å²) in [6.45, 7) is 5.40. The molecule has 0 fully saturated rings. The zero-order chi connectivity index (χ0) is 10.8. The monoisotopic (exact) mass is 261 g/mol. The third-order valence-corrected chi connectivity index (χ3v) is 1.58. The summed E-state index contributed by atoms with van der Waals surface area (Å²) in [5.74, 6) is 0.422. The third kappa shape index (κ3) is 3.78. The molecule has 0 saturated heterocycles. The Balaban J connectivity index is 2.50. The van der Waals surface area contributed by atoms with E-state index in [2.05, 4.69) is 31.4 Å². The van der Waals surface area contributed by atoms with E-state index >= 15 is 0 Å². The predicted molar refractivity (Wildman–Crippen MR) is 56.1 cm³/mol. The molecule has 6 heteroatoms. The summed E-state index contributed by atoms with van der Waals surface area (Å²) in [4.78, 5) is 11.2. The van der Waals surface area contributed by atoms with Crippen LogP contribution in [0.25, 0.3) is 0 Å². The summed E-state index contributed by atoms with van der Waals surface area (Å²) in [6.07, 6.45) is -0.517. The van der Waals surface area contributed by atoms with Crippen LogP contribution in [0.4, 0.5) is 10.6 Å². The van der Waals surface area contributed by atoms with Gasteiger partial charge in [-0.15, -0.1) is 0 Å². The van der Waals surface area contributed by atoms with Crippen LogP contribution in [0.5, 0.6) is 0 Å². The highest BCUT2D eigenvalue weighted by Crippen LogP contribution is 2.13. The van der Waals surface area contributed by atoms with E-state index in [1.807, 2.05) is 0 Å². The summed E-state index contributed by atoms with van der Waals surface area (Å²) in [5, 5.41) is 8.92. The first kappa shape index (κ1) is 11.0. The molecule has 1 aromatic rings. The molecule has 0 radical (unpaired) electrons. The minimum absolute atomic E-state index is 0.422. The fourth-order valence-electron chi connectivity index (χ4n) is 0.770. The number of halogens is 1. The lowest BCUT2D eigenvalue weighted by Crippen LogP contribution is -2.27. The van der Waals surface area contributed by atoms with Crippen molar-refractivity contribution in [1.82, 2.24) is 10.2 Å². The maximum atomic E-state index is 11.2. The van der Waals surface area contributed by atoms with E-state index in [1.165, 1.54) is 0 Å². The van der Waals surface area contributed by atoms with Crippen LogP contribution in [0.2, 0.25) is 0 Å². The van der Waals surface area contributed by atoms with Crippen LogP contribution in [-0.4, -0.2) is 21.9 Å². The molecule has 0 saturated carbocycles. The number of hydrogen-bond donors (Lipinski definition) is 2. The maximum Gasteiger partial charge on any atom is 0.413 e. The molecule has 0 aliphatic rings. The van der Waals surface area contributed by atoms with Crippen molar-refractivity contribution in [2.45, 2.75) is 26.4 Å². The minimum atomic E-state index is -0.517. The summed E-state index contributed by atoms with van der Waals surface area (Å²) in [7, 11) is 0. The standard InChI is InChI=1S/C8H12BrN3O2/c1-8(2,3)14-7(13)10-6-4-5(9)11-12-6/h4H,1-3H3,(H2,10,11,12,13). The topological polar surface area (TPSA) is 67.0 Å². The number of amides is 1. The Labute approximate surface area is 90.3 Å². The van der Waals surface area contributed by atoms with Gasteiger partial charge in [0.1, 0.15) is 10.2 Å². The zero-order valence-corrected chi connectivity index (χ0v) is 9.81. The van der Waals surface area contributed by atoms with Gasteiger partial charge in [0.25, 0.3) is 0 Å². The molecule has 5 nitrogen and oxygen atoms in total. The Morgan fingerprint density at radius 1 is 1.64 bits per heavy atom. The lowest BCUT2D eigenvalue weighted by molar-refractivity contribution is 0.0635. The number of carbonyl (C=O) groups is 1. The molecule has 0 aromatic carbocycles. The molecule has 1 aromatic heterocycles. The summed E-state index contributed by atoms with van der Waals surface area (Å²) < 4.78 is 5.73. The van der Waals surface area contributed by atoms with Gasteiger partial charge in [-0.05, 0) is 36.7 Å². The number of rotatable bonds is 1. The Morgan fingerprint density at radius 2 is 2.29 bits per heavy atom. The number of nitrogens with one attached hydrogen (secondary N) is 2. The van der Waals surface area contributed by atoms with Crippen LogP contribution in [-0.2, 0) is 4.74 Å². The zero-order valence-electron chi connectivity index (χ0n) is 8.22. The molecule has 1 heterocycles. The van der Waals surface area contributed by atoms with E-state index in [9.17, 15) is 4.79 Å². The smallest absolute Gasteiger partial charge is 0.413 e. The van der Waals surface area contributed by atoms with Crippen LogP contribution in [0, 0.1) is 0 Å². The van der Waals surface area contributed by atoms with Gasteiger partial charge in [-0.1, -0.05) is 0 Å². The molecular formula is C8H12BrN3O2. The Kier molecular flexibility index (Phi) is 3.15. The fraction of sp³-hybridized carbons (Fsp3) is 0.500. The van der Waals surface area contributed by atoms with E-state index in [-0.39, 0.29) is 0 Å². The quantitative estimate of drug-likeness (QED) is 0.817. The van der Waals surface area contributed by atoms with Gasteiger partial charge < -0.3 is 4.74 Å². The van der Waals surface area contributed by atoms with E-state index in [4.69, 9.17) is 4.74 Å². The van der Waals surface area contributed by atoms with Crippen LogP contribution in [0.1, 0.15) is 20.8 Å². The molecule has 0 atom stereocenters. The molecule has 0 aliphatic carbocycles. The normalized spacial score (nSPS) is 11.1. The molecule has 0 spiro atoms. The number of aromatic amines is 1. The predicted octanol–water partition coefficient (Wildman–Crippen LogP) is 2.52. The molecule has 0 bridgehead atoms. The van der Waals surface area contributed by atoms with Gasteiger partial charge in [-0.3, -0.25) is 10.4 Å². The molecule has 14 heavy (non-hydrogen) atoms. The number of ether oxygens (including phenoxy) is 1. The maximum absolute atomic E-state index is 11.2. The van der Waals surface area contributed by atoms with Crippen molar-refractivity contribution in [3.8, 4) is 0 Å². The van der Waals surface area contributed by atoms with Gasteiger partial charge in [0.05, 0.1) is 0 Å². The van der Waals surface area contributed by atoms with Crippen molar-refractivity contribution in [2.24, 2.45) is 0 Å². The molecule has 1 amide bonds. The minimum Gasteiger partial charge on any atom is -0.444 e. The van der Waals surface area contributed by atoms with Crippen molar-refractivity contribution in [2.75, 3.05) is 5.32 Å². The average molecular weight is 262 g/mol. The number of aromatic nitrogens is 2. The molecule has 2 N–H and O–H groups in total. The Morgan fingerprint density at radius 3 is 2.71 bits per heavy atom. The van der Waals surface area contributed by atoms with Crippen molar-refractivity contribution in [3.63, 3.8) is 0 Å². The van der Waals surface area contributed by atoms with E-state index < -0.39 is 11.7 Å². The Bertz CT molecular complexity index is 330. The summed E-state index contributed by atoms with van der Waals surface area (Å²) in [6, 6.07) is 1.64. The van der Waals surface area contributed by atoms with Crippen molar-refractivity contribution in [1.29, 1.82) is 0 Å². The second-order valence-corrected chi connectivity index (χ2v) is 4.58. The Hall–Kier alpha value is -1.04. The first-order chi connectivity index (χ1) is 6.37. The number of carbonyl (C=O) groups excluding carboxylic acids is 1. The first-order valence-corrected chi connectivity index (χ1v) is 4.87. The molecular weight excluding hydrogens is 250 g/mol. The number of anilines is 1.